The molecule has 2 saturated heterocycles. The number of morpholine rings is 1. The summed E-state index contributed by atoms with van der Waals surface area (Å²) in [6.45, 7) is 6.10. The lowest BCUT2D eigenvalue weighted by molar-refractivity contribution is 0.0342. The fourth-order valence-corrected chi connectivity index (χ4v) is 2.89. The van der Waals surface area contributed by atoms with Gasteiger partial charge in [-0.1, -0.05) is 18.2 Å². The Balaban J connectivity index is 1.65. The SMILES string of the molecule is O=C(Nc1ccccc1CN1CCOCC1)N1CCCC1. The summed E-state index contributed by atoms with van der Waals surface area (Å²) < 4.78 is 5.38. The highest BCUT2D eigenvalue weighted by molar-refractivity contribution is 5.90. The van der Waals surface area contributed by atoms with Crippen molar-refractivity contribution >= 4 is 11.7 Å². The Morgan fingerprint density at radius 2 is 1.81 bits per heavy atom. The molecule has 0 spiro atoms. The van der Waals surface area contributed by atoms with Crippen molar-refractivity contribution in [3.8, 4) is 0 Å². The van der Waals surface area contributed by atoms with Crippen molar-refractivity contribution in [1.82, 2.24) is 9.80 Å². The van der Waals surface area contributed by atoms with Gasteiger partial charge in [-0.2, -0.15) is 0 Å². The highest BCUT2D eigenvalue weighted by Gasteiger charge is 2.19. The molecule has 1 N–H and O–H groups in total. The van der Waals surface area contributed by atoms with Crippen molar-refractivity contribution in [1.29, 1.82) is 0 Å². The number of carbonyl (C=O) groups is 1. The quantitative estimate of drug-likeness (QED) is 0.927. The van der Waals surface area contributed by atoms with Gasteiger partial charge in [0.05, 0.1) is 13.2 Å². The maximum atomic E-state index is 12.2. The molecule has 5 nitrogen and oxygen atoms in total. The van der Waals surface area contributed by atoms with Crippen LogP contribution < -0.4 is 5.32 Å². The maximum Gasteiger partial charge on any atom is 0.321 e. The van der Waals surface area contributed by atoms with E-state index in [1.807, 2.05) is 23.1 Å². The molecule has 2 aliphatic heterocycles. The molecule has 0 aliphatic carbocycles. The number of para-hydroxylation sites is 1. The summed E-state index contributed by atoms with van der Waals surface area (Å²) in [5, 5.41) is 3.07. The number of carbonyl (C=O) groups excluding carboxylic acids is 1. The average Bonchev–Trinajstić information content (AvgIpc) is 3.05. The number of anilines is 1. The van der Waals surface area contributed by atoms with Crippen molar-refractivity contribution in [2.24, 2.45) is 0 Å². The number of hydrogen-bond acceptors (Lipinski definition) is 3. The summed E-state index contributed by atoms with van der Waals surface area (Å²) in [6.07, 6.45) is 2.23. The largest absolute Gasteiger partial charge is 0.379 e. The van der Waals surface area contributed by atoms with Crippen molar-refractivity contribution in [2.45, 2.75) is 19.4 Å². The molecule has 0 aromatic heterocycles. The number of benzene rings is 1. The molecule has 1 aromatic carbocycles. The third-order valence-electron chi connectivity index (χ3n) is 4.15. The average molecular weight is 289 g/mol. The van der Waals surface area contributed by atoms with Crippen LogP contribution in [0.15, 0.2) is 24.3 Å². The third kappa shape index (κ3) is 3.74. The smallest absolute Gasteiger partial charge is 0.321 e. The van der Waals surface area contributed by atoms with Gasteiger partial charge in [0.15, 0.2) is 0 Å². The highest BCUT2D eigenvalue weighted by atomic mass is 16.5. The van der Waals surface area contributed by atoms with Crippen molar-refractivity contribution in [3.63, 3.8) is 0 Å². The lowest BCUT2D eigenvalue weighted by Gasteiger charge is -2.27. The monoisotopic (exact) mass is 289 g/mol. The van der Waals surface area contributed by atoms with E-state index < -0.39 is 0 Å². The first-order chi connectivity index (χ1) is 10.3. The molecule has 5 heteroatoms. The van der Waals surface area contributed by atoms with E-state index in [1.165, 1.54) is 5.56 Å². The number of urea groups is 1. The Hall–Kier alpha value is -1.59. The zero-order chi connectivity index (χ0) is 14.5. The normalized spacial score (nSPS) is 19.7. The summed E-state index contributed by atoms with van der Waals surface area (Å²) in [5.41, 5.74) is 2.10. The van der Waals surface area contributed by atoms with Crippen molar-refractivity contribution in [3.05, 3.63) is 29.8 Å². The number of ether oxygens (including phenoxy) is 1. The third-order valence-corrected chi connectivity index (χ3v) is 4.15. The van der Waals surface area contributed by atoms with Gasteiger partial charge in [0, 0.05) is 38.4 Å². The number of amides is 2. The molecule has 2 amide bonds. The van der Waals surface area contributed by atoms with E-state index in [9.17, 15) is 4.79 Å². The van der Waals surface area contributed by atoms with Gasteiger partial charge in [0.1, 0.15) is 0 Å². The lowest BCUT2D eigenvalue weighted by Crippen LogP contribution is -2.36. The molecule has 0 unspecified atom stereocenters. The first kappa shape index (κ1) is 14.4. The summed E-state index contributed by atoms with van der Waals surface area (Å²) in [4.78, 5) is 16.5. The van der Waals surface area contributed by atoms with Gasteiger partial charge in [-0.05, 0) is 24.5 Å². The van der Waals surface area contributed by atoms with E-state index in [2.05, 4.69) is 16.3 Å². The van der Waals surface area contributed by atoms with Gasteiger partial charge >= 0.3 is 6.03 Å². The predicted octanol–water partition coefficient (Wildman–Crippen LogP) is 2.15. The zero-order valence-corrected chi connectivity index (χ0v) is 12.4. The van der Waals surface area contributed by atoms with E-state index in [-0.39, 0.29) is 6.03 Å². The number of nitrogens with zero attached hydrogens (tertiary/aromatic N) is 2. The van der Waals surface area contributed by atoms with Crippen LogP contribution in [0, 0.1) is 0 Å². The van der Waals surface area contributed by atoms with Crippen LogP contribution in [0.2, 0.25) is 0 Å². The van der Waals surface area contributed by atoms with Gasteiger partial charge < -0.3 is 15.0 Å². The molecular formula is C16H23N3O2. The molecule has 0 bridgehead atoms. The fourth-order valence-electron chi connectivity index (χ4n) is 2.89. The molecule has 2 aliphatic rings. The molecule has 2 fully saturated rings. The second-order valence-corrected chi connectivity index (χ2v) is 5.67. The fraction of sp³-hybridized carbons (Fsp3) is 0.562. The molecule has 3 rings (SSSR count). The number of nitrogens with one attached hydrogen (secondary N) is 1. The highest BCUT2D eigenvalue weighted by Crippen LogP contribution is 2.19. The Morgan fingerprint density at radius 1 is 1.10 bits per heavy atom. The molecule has 114 valence electrons. The molecule has 1 aromatic rings. The van der Waals surface area contributed by atoms with Crippen LogP contribution in [0.5, 0.6) is 0 Å². The Labute approximate surface area is 125 Å². The van der Waals surface area contributed by atoms with Crippen LogP contribution in [0.25, 0.3) is 0 Å². The number of hydrogen-bond donors (Lipinski definition) is 1. The van der Waals surface area contributed by atoms with Gasteiger partial charge in [0.25, 0.3) is 0 Å². The molecule has 0 atom stereocenters. The molecule has 21 heavy (non-hydrogen) atoms. The van der Waals surface area contributed by atoms with Crippen LogP contribution >= 0.6 is 0 Å². The summed E-state index contributed by atoms with van der Waals surface area (Å²) in [5.74, 6) is 0. The van der Waals surface area contributed by atoms with Crippen molar-refractivity contribution < 1.29 is 9.53 Å². The van der Waals surface area contributed by atoms with Crippen LogP contribution in [-0.2, 0) is 11.3 Å². The second kappa shape index (κ2) is 6.91. The first-order valence-electron chi connectivity index (χ1n) is 7.77. The Kier molecular flexibility index (Phi) is 4.72. The number of rotatable bonds is 3. The van der Waals surface area contributed by atoms with E-state index in [0.29, 0.717) is 0 Å². The van der Waals surface area contributed by atoms with E-state index in [4.69, 9.17) is 4.74 Å². The lowest BCUT2D eigenvalue weighted by atomic mass is 10.1. The van der Waals surface area contributed by atoms with Gasteiger partial charge in [-0.15, -0.1) is 0 Å². The first-order valence-corrected chi connectivity index (χ1v) is 7.77. The Morgan fingerprint density at radius 3 is 2.57 bits per heavy atom. The van der Waals surface area contributed by atoms with Crippen molar-refractivity contribution in [2.75, 3.05) is 44.7 Å². The topological polar surface area (TPSA) is 44.8 Å². The maximum absolute atomic E-state index is 12.2. The standard InChI is InChI=1S/C16H23N3O2/c20-16(19-7-3-4-8-19)17-15-6-2-1-5-14(15)13-18-9-11-21-12-10-18/h1-2,5-6H,3-4,7-13H2,(H,17,20). The molecule has 2 heterocycles. The summed E-state index contributed by atoms with van der Waals surface area (Å²) in [7, 11) is 0. The Bertz CT molecular complexity index is 480. The predicted molar refractivity (Wildman–Crippen MR) is 82.4 cm³/mol. The van der Waals surface area contributed by atoms with E-state index in [1.54, 1.807) is 0 Å². The van der Waals surface area contributed by atoms with Gasteiger partial charge in [-0.3, -0.25) is 4.90 Å². The molecule has 0 saturated carbocycles. The van der Waals surface area contributed by atoms with E-state index >= 15 is 0 Å². The van der Waals surface area contributed by atoms with Crippen LogP contribution in [0.3, 0.4) is 0 Å². The van der Waals surface area contributed by atoms with Crippen LogP contribution in [0.1, 0.15) is 18.4 Å². The zero-order valence-electron chi connectivity index (χ0n) is 12.4. The number of likely N-dealkylation sites (tertiary alicyclic amines) is 1. The second-order valence-electron chi connectivity index (χ2n) is 5.67. The molecular weight excluding hydrogens is 266 g/mol. The molecule has 0 radical (unpaired) electrons. The summed E-state index contributed by atoms with van der Waals surface area (Å²) in [6, 6.07) is 8.12. The van der Waals surface area contributed by atoms with Crippen LogP contribution in [0.4, 0.5) is 10.5 Å². The minimum absolute atomic E-state index is 0.0296. The summed E-state index contributed by atoms with van der Waals surface area (Å²) >= 11 is 0. The minimum atomic E-state index is 0.0296. The van der Waals surface area contributed by atoms with Gasteiger partial charge in [-0.25, -0.2) is 4.79 Å². The van der Waals surface area contributed by atoms with Crippen LogP contribution in [-0.4, -0.2) is 55.2 Å². The van der Waals surface area contributed by atoms with E-state index in [0.717, 1.165) is 64.5 Å². The van der Waals surface area contributed by atoms with Gasteiger partial charge in [0.2, 0.25) is 0 Å². The minimum Gasteiger partial charge on any atom is -0.379 e.